The number of carbonyl (C=O) groups excluding carboxylic acids is 2. The maximum absolute atomic E-state index is 11.7. The van der Waals surface area contributed by atoms with E-state index in [9.17, 15) is 14.4 Å². The maximum Gasteiger partial charge on any atom is 0.303 e. The molecule has 0 aliphatic carbocycles. The highest BCUT2D eigenvalue weighted by Gasteiger charge is 2.35. The van der Waals surface area contributed by atoms with Gasteiger partial charge in [-0.15, -0.1) is 0 Å². The van der Waals surface area contributed by atoms with Crippen LogP contribution < -0.4 is 10.6 Å². The minimum absolute atomic E-state index is 0.0689. The van der Waals surface area contributed by atoms with Crippen LogP contribution in [0.3, 0.4) is 0 Å². The first-order chi connectivity index (χ1) is 7.95. The molecule has 0 saturated carbocycles. The Morgan fingerprint density at radius 3 is 2.53 bits per heavy atom. The van der Waals surface area contributed by atoms with Gasteiger partial charge in [0.15, 0.2) is 0 Å². The molecule has 0 aromatic heterocycles. The van der Waals surface area contributed by atoms with Crippen LogP contribution in [0.1, 0.15) is 33.1 Å². The van der Waals surface area contributed by atoms with Crippen LogP contribution in [0.5, 0.6) is 0 Å². The van der Waals surface area contributed by atoms with E-state index in [0.29, 0.717) is 0 Å². The molecule has 1 unspecified atom stereocenters. The summed E-state index contributed by atoms with van der Waals surface area (Å²) in [5, 5.41) is 13.7. The molecular formula is C11H18N2O4. The number of aliphatic carboxylic acids is 1. The highest BCUT2D eigenvalue weighted by atomic mass is 16.4. The molecule has 0 aromatic carbocycles. The number of carbonyl (C=O) groups is 3. The van der Waals surface area contributed by atoms with Crippen molar-refractivity contribution < 1.29 is 19.5 Å². The lowest BCUT2D eigenvalue weighted by Crippen LogP contribution is -2.63. The van der Waals surface area contributed by atoms with Crippen molar-refractivity contribution in [1.29, 1.82) is 0 Å². The Morgan fingerprint density at radius 2 is 2.00 bits per heavy atom. The van der Waals surface area contributed by atoms with Gasteiger partial charge in [-0.05, 0) is 12.3 Å². The topological polar surface area (TPSA) is 95.5 Å². The minimum atomic E-state index is -0.976. The highest BCUT2D eigenvalue weighted by molar-refractivity contribution is 5.97. The molecule has 1 heterocycles. The molecule has 1 aliphatic heterocycles. The van der Waals surface area contributed by atoms with Crippen molar-refractivity contribution in [3.05, 3.63) is 0 Å². The summed E-state index contributed by atoms with van der Waals surface area (Å²) >= 11 is 0. The smallest absolute Gasteiger partial charge is 0.303 e. The Hall–Kier alpha value is -1.59. The molecule has 0 spiro atoms. The van der Waals surface area contributed by atoms with Gasteiger partial charge in [-0.3, -0.25) is 14.4 Å². The molecule has 1 rings (SSSR count). The fraction of sp³-hybridized carbons (Fsp3) is 0.727. The third kappa shape index (κ3) is 3.44. The number of amides is 2. The lowest BCUT2D eigenvalue weighted by atomic mass is 9.95. The van der Waals surface area contributed by atoms with Crippen LogP contribution in [0.25, 0.3) is 0 Å². The van der Waals surface area contributed by atoms with Gasteiger partial charge in [0.05, 0.1) is 0 Å². The summed E-state index contributed by atoms with van der Waals surface area (Å²) in [6.07, 6.45) is 0.782. The lowest BCUT2D eigenvalue weighted by molar-refractivity contribution is -0.140. The van der Waals surface area contributed by atoms with Crippen LogP contribution in [0.4, 0.5) is 0 Å². The van der Waals surface area contributed by atoms with Gasteiger partial charge in [0, 0.05) is 6.42 Å². The predicted molar refractivity (Wildman–Crippen MR) is 60.2 cm³/mol. The lowest BCUT2D eigenvalue weighted by Gasteiger charge is -2.32. The minimum Gasteiger partial charge on any atom is -0.481 e. The molecule has 3 N–H and O–H groups in total. The van der Waals surface area contributed by atoms with Crippen molar-refractivity contribution in [2.24, 2.45) is 5.92 Å². The molecule has 96 valence electrons. The molecule has 6 heteroatoms. The number of hydrogen-bond donors (Lipinski definition) is 3. The number of nitrogens with one attached hydrogen (secondary N) is 2. The summed E-state index contributed by atoms with van der Waals surface area (Å²) in [6.45, 7) is 3.84. The van der Waals surface area contributed by atoms with E-state index in [1.54, 1.807) is 0 Å². The van der Waals surface area contributed by atoms with Crippen molar-refractivity contribution in [1.82, 2.24) is 10.6 Å². The highest BCUT2D eigenvalue weighted by Crippen LogP contribution is 2.13. The van der Waals surface area contributed by atoms with Crippen molar-refractivity contribution in [2.75, 3.05) is 0 Å². The summed E-state index contributed by atoms with van der Waals surface area (Å²) in [5.74, 6) is -1.43. The monoisotopic (exact) mass is 242 g/mol. The molecule has 0 bridgehead atoms. The van der Waals surface area contributed by atoms with Crippen molar-refractivity contribution in [3.8, 4) is 0 Å². The largest absolute Gasteiger partial charge is 0.481 e. The van der Waals surface area contributed by atoms with E-state index < -0.39 is 18.1 Å². The first-order valence-corrected chi connectivity index (χ1v) is 5.78. The molecular weight excluding hydrogens is 224 g/mol. The molecule has 6 nitrogen and oxygen atoms in total. The quantitative estimate of drug-likeness (QED) is 0.626. The molecule has 0 aromatic rings. The summed E-state index contributed by atoms with van der Waals surface area (Å²) in [4.78, 5) is 33.8. The zero-order valence-electron chi connectivity index (χ0n) is 10.0. The van der Waals surface area contributed by atoms with Crippen LogP contribution >= 0.6 is 0 Å². The standard InChI is InChI=1S/C11H18N2O4/c1-3-6(2)9-11(17)12-7(10(16)13-9)4-5-8(14)15/h6-7,9H,3-5H2,1-2H3,(H,12,17)(H,13,16)(H,14,15)/t6?,7-,9-/m0/s1. The first kappa shape index (κ1) is 13.5. The van der Waals surface area contributed by atoms with E-state index in [2.05, 4.69) is 10.6 Å². The number of rotatable bonds is 5. The van der Waals surface area contributed by atoms with E-state index in [-0.39, 0.29) is 30.6 Å². The normalized spacial score (nSPS) is 26.0. The number of carboxylic acid groups (broad SMARTS) is 1. The number of piperazine rings is 1. The van der Waals surface area contributed by atoms with E-state index in [4.69, 9.17) is 5.11 Å². The predicted octanol–water partition coefficient (Wildman–Crippen LogP) is -0.119. The van der Waals surface area contributed by atoms with Gasteiger partial charge in [0.1, 0.15) is 12.1 Å². The zero-order chi connectivity index (χ0) is 13.0. The van der Waals surface area contributed by atoms with Crippen molar-refractivity contribution in [2.45, 2.75) is 45.2 Å². The molecule has 0 radical (unpaired) electrons. The summed E-state index contributed by atoms with van der Waals surface area (Å²) in [5.41, 5.74) is 0. The van der Waals surface area contributed by atoms with E-state index in [1.807, 2.05) is 13.8 Å². The molecule has 2 amide bonds. The van der Waals surface area contributed by atoms with Gasteiger partial charge < -0.3 is 15.7 Å². The second-order valence-corrected chi connectivity index (χ2v) is 4.37. The number of hydrogen-bond acceptors (Lipinski definition) is 3. The Balaban J connectivity index is 2.58. The fourth-order valence-electron chi connectivity index (χ4n) is 1.75. The van der Waals surface area contributed by atoms with Gasteiger partial charge in [-0.1, -0.05) is 20.3 Å². The second kappa shape index (κ2) is 5.65. The molecule has 1 saturated heterocycles. The third-order valence-electron chi connectivity index (χ3n) is 3.07. The van der Waals surface area contributed by atoms with Crippen molar-refractivity contribution in [3.63, 3.8) is 0 Å². The van der Waals surface area contributed by atoms with Crippen LogP contribution in [-0.2, 0) is 14.4 Å². The molecule has 1 aliphatic rings. The second-order valence-electron chi connectivity index (χ2n) is 4.37. The SMILES string of the molecule is CCC(C)[C@@H]1NC(=O)[C@H](CCC(=O)O)NC1=O. The van der Waals surface area contributed by atoms with E-state index in [0.717, 1.165) is 6.42 Å². The van der Waals surface area contributed by atoms with Crippen LogP contribution in [-0.4, -0.2) is 35.0 Å². The maximum atomic E-state index is 11.7. The summed E-state index contributed by atoms with van der Waals surface area (Å²) in [6, 6.07) is -1.23. The van der Waals surface area contributed by atoms with Crippen LogP contribution in [0.15, 0.2) is 0 Å². The van der Waals surface area contributed by atoms with Crippen LogP contribution in [0.2, 0.25) is 0 Å². The Labute approximate surface area is 99.8 Å². The molecule has 3 atom stereocenters. The Morgan fingerprint density at radius 1 is 1.35 bits per heavy atom. The summed E-state index contributed by atoms with van der Waals surface area (Å²) in [7, 11) is 0. The molecule has 17 heavy (non-hydrogen) atoms. The van der Waals surface area contributed by atoms with Crippen LogP contribution in [0, 0.1) is 5.92 Å². The van der Waals surface area contributed by atoms with Gasteiger partial charge >= 0.3 is 5.97 Å². The fourth-order valence-corrected chi connectivity index (χ4v) is 1.75. The zero-order valence-corrected chi connectivity index (χ0v) is 10.0. The van der Waals surface area contributed by atoms with Gasteiger partial charge in [-0.25, -0.2) is 0 Å². The van der Waals surface area contributed by atoms with Gasteiger partial charge in [-0.2, -0.15) is 0 Å². The van der Waals surface area contributed by atoms with Crippen molar-refractivity contribution >= 4 is 17.8 Å². The van der Waals surface area contributed by atoms with E-state index >= 15 is 0 Å². The van der Waals surface area contributed by atoms with Gasteiger partial charge in [0.2, 0.25) is 11.8 Å². The Bertz CT molecular complexity index is 329. The first-order valence-electron chi connectivity index (χ1n) is 5.78. The molecule has 1 fully saturated rings. The van der Waals surface area contributed by atoms with Gasteiger partial charge in [0.25, 0.3) is 0 Å². The van der Waals surface area contributed by atoms with E-state index in [1.165, 1.54) is 0 Å². The average Bonchev–Trinajstić information content (AvgIpc) is 2.28. The third-order valence-corrected chi connectivity index (χ3v) is 3.07. The average molecular weight is 242 g/mol. The number of carboxylic acids is 1. The Kier molecular flexibility index (Phi) is 4.48. The summed E-state index contributed by atoms with van der Waals surface area (Å²) < 4.78 is 0.